The smallest absolute Gasteiger partial charge is 0.144 e. The number of hydrogen-bond donors (Lipinski definition) is 0. The standard InChI is InChI=1S/C55H59N3.C2H5N.C2H6.C2H4/c1-9-52(53-40(6)15-13-16-41(53)7)57(8)49-31-27-43(28-32-49)22-24-45-18-14-17-44(35-45)23-21-42-25-29-47(30-26-42)55-56-33-34-58(55)54-50(38(2)3)36-48(37-51(54)39(4)5)46-19-11-10-12-20-46;1-3-2;2*1-2/h9-20,25-39H,21-24H2,1-8H3;1H2,2H3;1-2H3;1-2H2/b52-9-;;;. The van der Waals surface area contributed by atoms with Crippen LogP contribution in [0.15, 0.2) is 170 Å². The van der Waals surface area contributed by atoms with E-state index in [1.54, 1.807) is 7.05 Å². The van der Waals surface area contributed by atoms with Crippen LogP contribution in [0.4, 0.5) is 5.69 Å². The van der Waals surface area contributed by atoms with Gasteiger partial charge in [-0.3, -0.25) is 4.57 Å². The van der Waals surface area contributed by atoms with Crippen molar-refractivity contribution in [1.29, 1.82) is 0 Å². The molecular formula is C61H74N4. The van der Waals surface area contributed by atoms with Gasteiger partial charge in [-0.25, -0.2) is 4.98 Å². The first-order chi connectivity index (χ1) is 31.5. The number of anilines is 1. The minimum Gasteiger partial charge on any atom is -0.344 e. The Bertz CT molecular complexity index is 2510. The van der Waals surface area contributed by atoms with Crippen molar-refractivity contribution in [2.75, 3.05) is 19.0 Å². The number of imidazole rings is 1. The molecule has 0 unspecified atom stereocenters. The molecule has 0 aliphatic heterocycles. The lowest BCUT2D eigenvalue weighted by Crippen LogP contribution is -2.16. The maximum atomic E-state index is 4.91. The average molecular weight is 863 g/mol. The van der Waals surface area contributed by atoms with Crippen molar-refractivity contribution in [3.8, 4) is 28.2 Å². The minimum atomic E-state index is 0.359. The molecule has 0 bridgehead atoms. The summed E-state index contributed by atoms with van der Waals surface area (Å²) in [5.74, 6) is 1.70. The molecule has 0 saturated carbocycles. The molecule has 0 N–H and O–H groups in total. The van der Waals surface area contributed by atoms with Crippen LogP contribution in [-0.4, -0.2) is 30.4 Å². The molecule has 1 aromatic heterocycles. The second-order valence-corrected chi connectivity index (χ2v) is 16.8. The van der Waals surface area contributed by atoms with Crippen molar-refractivity contribution in [1.82, 2.24) is 9.55 Å². The molecule has 65 heavy (non-hydrogen) atoms. The third-order valence-electron chi connectivity index (χ3n) is 11.7. The summed E-state index contributed by atoms with van der Waals surface area (Å²) < 4.78 is 2.32. The fraction of sp³-hybridized carbons (Fsp3) is 0.279. The number of aromatic nitrogens is 2. The second kappa shape index (κ2) is 25.7. The Morgan fingerprint density at radius 1 is 0.631 bits per heavy atom. The van der Waals surface area contributed by atoms with E-state index in [1.165, 1.54) is 78.3 Å². The molecule has 0 aliphatic carbocycles. The molecule has 7 rings (SSSR count). The van der Waals surface area contributed by atoms with E-state index in [1.807, 2.05) is 20.0 Å². The quantitative estimate of drug-likeness (QED) is 0.0806. The Labute approximate surface area is 393 Å². The molecule has 0 spiro atoms. The third-order valence-corrected chi connectivity index (χ3v) is 11.7. The minimum absolute atomic E-state index is 0.359. The van der Waals surface area contributed by atoms with Crippen LogP contribution >= 0.6 is 0 Å². The molecule has 0 aliphatic rings. The topological polar surface area (TPSA) is 33.4 Å². The highest BCUT2D eigenvalue weighted by atomic mass is 15.1. The van der Waals surface area contributed by atoms with E-state index in [-0.39, 0.29) is 0 Å². The summed E-state index contributed by atoms with van der Waals surface area (Å²) in [6, 6.07) is 49.4. The van der Waals surface area contributed by atoms with Gasteiger partial charge in [0.1, 0.15) is 5.82 Å². The van der Waals surface area contributed by atoms with Gasteiger partial charge in [-0.1, -0.05) is 157 Å². The number of allylic oxidation sites excluding steroid dienone is 1. The van der Waals surface area contributed by atoms with E-state index in [4.69, 9.17) is 4.98 Å². The molecule has 0 fully saturated rings. The highest BCUT2D eigenvalue weighted by Crippen LogP contribution is 2.38. The molecular weight excluding hydrogens is 789 g/mol. The Kier molecular flexibility index (Phi) is 20.2. The normalized spacial score (nSPS) is 10.9. The Morgan fingerprint density at radius 2 is 1.11 bits per heavy atom. The van der Waals surface area contributed by atoms with Crippen LogP contribution in [0.25, 0.3) is 33.9 Å². The van der Waals surface area contributed by atoms with Crippen molar-refractivity contribution >= 4 is 18.1 Å². The van der Waals surface area contributed by atoms with Gasteiger partial charge >= 0.3 is 0 Å². The van der Waals surface area contributed by atoms with Crippen LogP contribution in [0.2, 0.25) is 0 Å². The van der Waals surface area contributed by atoms with E-state index in [0.29, 0.717) is 11.8 Å². The van der Waals surface area contributed by atoms with Gasteiger partial charge in [0.25, 0.3) is 0 Å². The van der Waals surface area contributed by atoms with Gasteiger partial charge in [0.2, 0.25) is 0 Å². The largest absolute Gasteiger partial charge is 0.344 e. The first-order valence-corrected chi connectivity index (χ1v) is 23.4. The fourth-order valence-electron chi connectivity index (χ4n) is 8.42. The Morgan fingerprint density at radius 3 is 1.60 bits per heavy atom. The molecule has 338 valence electrons. The van der Waals surface area contributed by atoms with Crippen molar-refractivity contribution in [3.05, 3.63) is 215 Å². The number of aryl methyl sites for hydroxylation is 6. The predicted molar refractivity (Wildman–Crippen MR) is 286 cm³/mol. The second-order valence-electron chi connectivity index (χ2n) is 16.8. The van der Waals surface area contributed by atoms with Crippen molar-refractivity contribution in [2.45, 2.75) is 99.8 Å². The predicted octanol–water partition coefficient (Wildman–Crippen LogP) is 16.3. The van der Waals surface area contributed by atoms with Gasteiger partial charge in [-0.15, -0.1) is 13.2 Å². The summed E-state index contributed by atoms with van der Waals surface area (Å²) in [6.07, 6.45) is 10.4. The number of benzene rings is 6. The van der Waals surface area contributed by atoms with Crippen LogP contribution in [0.1, 0.15) is 110 Å². The summed E-state index contributed by atoms with van der Waals surface area (Å²) in [4.78, 5) is 10.5. The zero-order valence-electron chi connectivity index (χ0n) is 41.3. The lowest BCUT2D eigenvalue weighted by Gasteiger charge is -2.26. The van der Waals surface area contributed by atoms with Crippen LogP contribution in [0, 0.1) is 13.8 Å². The summed E-state index contributed by atoms with van der Waals surface area (Å²) in [5.41, 5.74) is 19.5. The first kappa shape index (κ1) is 51.1. The van der Waals surface area contributed by atoms with Crippen molar-refractivity contribution < 1.29 is 0 Å². The van der Waals surface area contributed by atoms with E-state index >= 15 is 0 Å². The lowest BCUT2D eigenvalue weighted by molar-refractivity contribution is 0.807. The van der Waals surface area contributed by atoms with Gasteiger partial charge < -0.3 is 9.89 Å². The van der Waals surface area contributed by atoms with E-state index < -0.39 is 0 Å². The molecule has 1 heterocycles. The molecule has 0 radical (unpaired) electrons. The van der Waals surface area contributed by atoms with Gasteiger partial charge in [0.05, 0.1) is 5.69 Å². The maximum absolute atomic E-state index is 4.91. The van der Waals surface area contributed by atoms with Gasteiger partial charge in [-0.2, -0.15) is 0 Å². The van der Waals surface area contributed by atoms with Crippen molar-refractivity contribution in [2.24, 2.45) is 4.99 Å². The SMILES string of the molecule is C/C=C(/c1c(C)cccc1C)N(C)c1ccc(CCc2cccc(CCc3ccc(-c4nccn4-c4c(C(C)C)cc(-c5ccccc5)cc4C(C)C)cc3)c2)cc1.C=C.C=NC.CC. The van der Waals surface area contributed by atoms with Gasteiger partial charge in [-0.05, 0) is 145 Å². The Hall–Kier alpha value is -6.52. The number of aliphatic imine (C=N–C) groups is 1. The maximum Gasteiger partial charge on any atom is 0.144 e. The highest BCUT2D eigenvalue weighted by molar-refractivity contribution is 5.81. The monoisotopic (exact) mass is 863 g/mol. The molecule has 7 aromatic rings. The average Bonchev–Trinajstić information content (AvgIpc) is 3.83. The molecule has 0 amide bonds. The highest BCUT2D eigenvalue weighted by Gasteiger charge is 2.21. The number of hydrogen-bond acceptors (Lipinski definition) is 3. The van der Waals surface area contributed by atoms with Crippen LogP contribution in [0.3, 0.4) is 0 Å². The molecule has 4 heteroatoms. The van der Waals surface area contributed by atoms with Crippen LogP contribution < -0.4 is 4.90 Å². The van der Waals surface area contributed by atoms with E-state index in [9.17, 15) is 0 Å². The van der Waals surface area contributed by atoms with Gasteiger partial charge in [0, 0.05) is 49.0 Å². The summed E-state index contributed by atoms with van der Waals surface area (Å²) in [7, 11) is 3.81. The molecule has 6 aromatic carbocycles. The molecule has 0 atom stereocenters. The first-order valence-electron chi connectivity index (χ1n) is 23.4. The zero-order chi connectivity index (χ0) is 47.5. The fourth-order valence-corrected chi connectivity index (χ4v) is 8.42. The van der Waals surface area contributed by atoms with Crippen LogP contribution in [0.5, 0.6) is 0 Å². The summed E-state index contributed by atoms with van der Waals surface area (Å²) in [6.45, 7) is 28.8. The number of nitrogens with zero attached hydrogens (tertiary/aromatic N) is 4. The van der Waals surface area contributed by atoms with Crippen molar-refractivity contribution in [3.63, 3.8) is 0 Å². The lowest BCUT2D eigenvalue weighted by atomic mass is 9.88. The third kappa shape index (κ3) is 13.3. The zero-order valence-corrected chi connectivity index (χ0v) is 41.3. The van der Waals surface area contributed by atoms with Gasteiger partial charge in [0.15, 0.2) is 0 Å². The number of rotatable bonds is 14. The Balaban J connectivity index is 0.00000125. The summed E-state index contributed by atoms with van der Waals surface area (Å²) in [5, 5.41) is 0. The van der Waals surface area contributed by atoms with E-state index in [2.05, 4.69) is 236 Å². The van der Waals surface area contributed by atoms with Crippen LogP contribution in [-0.2, 0) is 25.7 Å². The van der Waals surface area contributed by atoms with E-state index in [0.717, 1.165) is 37.1 Å². The summed E-state index contributed by atoms with van der Waals surface area (Å²) >= 11 is 0. The molecule has 4 nitrogen and oxygen atoms in total. The molecule has 0 saturated heterocycles.